The Labute approximate surface area is 120 Å². The molecule has 1 N–H and O–H groups in total. The van der Waals surface area contributed by atoms with Crippen molar-refractivity contribution in [2.75, 3.05) is 0 Å². The fraction of sp³-hybridized carbons (Fsp3) is 0.200. The van der Waals surface area contributed by atoms with Gasteiger partial charge in [-0.1, -0.05) is 12.1 Å². The number of aryl methyl sites for hydroxylation is 1. The Bertz CT molecular complexity index is 727. The molecule has 0 bridgehead atoms. The highest BCUT2D eigenvalue weighted by Gasteiger charge is 2.18. The number of para-hydroxylation sites is 2. The standard InChI is InChI=1S/C15H14N2O2S/c1-9-7-8-20-13(9)14(18)16-10(2)15-17-11-5-3-4-6-12(11)19-15/h3-8,10H,1-2H3,(H,16,18). The van der Waals surface area contributed by atoms with Crippen molar-refractivity contribution < 1.29 is 9.21 Å². The smallest absolute Gasteiger partial charge is 0.262 e. The van der Waals surface area contributed by atoms with Crippen molar-refractivity contribution >= 4 is 28.3 Å². The van der Waals surface area contributed by atoms with E-state index < -0.39 is 0 Å². The maximum atomic E-state index is 12.2. The topological polar surface area (TPSA) is 55.1 Å². The Morgan fingerprint density at radius 1 is 1.35 bits per heavy atom. The number of hydrogen-bond acceptors (Lipinski definition) is 4. The van der Waals surface area contributed by atoms with Crippen molar-refractivity contribution in [3.8, 4) is 0 Å². The van der Waals surface area contributed by atoms with Crippen LogP contribution in [0, 0.1) is 6.92 Å². The summed E-state index contributed by atoms with van der Waals surface area (Å²) in [5, 5.41) is 4.83. The number of carbonyl (C=O) groups is 1. The lowest BCUT2D eigenvalue weighted by Gasteiger charge is -2.09. The van der Waals surface area contributed by atoms with Crippen molar-refractivity contribution in [3.63, 3.8) is 0 Å². The number of nitrogens with zero attached hydrogens (tertiary/aromatic N) is 1. The van der Waals surface area contributed by atoms with Gasteiger partial charge in [0, 0.05) is 0 Å². The number of oxazole rings is 1. The van der Waals surface area contributed by atoms with Gasteiger partial charge in [-0.3, -0.25) is 4.79 Å². The van der Waals surface area contributed by atoms with E-state index in [4.69, 9.17) is 4.42 Å². The van der Waals surface area contributed by atoms with Crippen LogP contribution in [0.1, 0.15) is 34.1 Å². The summed E-state index contributed by atoms with van der Waals surface area (Å²) >= 11 is 1.44. The van der Waals surface area contributed by atoms with Gasteiger partial charge in [-0.2, -0.15) is 0 Å². The second kappa shape index (κ2) is 5.09. The minimum absolute atomic E-state index is 0.0905. The van der Waals surface area contributed by atoms with Crippen LogP contribution in [0.2, 0.25) is 0 Å². The summed E-state index contributed by atoms with van der Waals surface area (Å²) in [5.41, 5.74) is 2.52. The summed E-state index contributed by atoms with van der Waals surface area (Å²) in [5.74, 6) is 0.431. The fourth-order valence-electron chi connectivity index (χ4n) is 2.00. The monoisotopic (exact) mass is 286 g/mol. The molecule has 102 valence electrons. The van der Waals surface area contributed by atoms with Crippen LogP contribution in [0.5, 0.6) is 0 Å². The van der Waals surface area contributed by atoms with Crippen LogP contribution in [-0.4, -0.2) is 10.9 Å². The van der Waals surface area contributed by atoms with Crippen LogP contribution in [0.15, 0.2) is 40.1 Å². The number of carbonyl (C=O) groups excluding carboxylic acids is 1. The Morgan fingerprint density at radius 3 is 2.85 bits per heavy atom. The molecule has 4 nitrogen and oxygen atoms in total. The Morgan fingerprint density at radius 2 is 2.15 bits per heavy atom. The minimum atomic E-state index is -0.267. The van der Waals surface area contributed by atoms with Crippen LogP contribution in [-0.2, 0) is 0 Å². The van der Waals surface area contributed by atoms with Gasteiger partial charge in [0.25, 0.3) is 5.91 Å². The van der Waals surface area contributed by atoms with Crippen LogP contribution in [0.4, 0.5) is 0 Å². The van der Waals surface area contributed by atoms with Crippen molar-refractivity contribution in [2.45, 2.75) is 19.9 Å². The summed E-state index contributed by atoms with van der Waals surface area (Å²) < 4.78 is 5.66. The normalized spacial score (nSPS) is 12.5. The zero-order chi connectivity index (χ0) is 14.1. The van der Waals surface area contributed by atoms with Gasteiger partial charge in [-0.05, 0) is 43.0 Å². The molecule has 5 heteroatoms. The van der Waals surface area contributed by atoms with Crippen molar-refractivity contribution in [1.82, 2.24) is 10.3 Å². The quantitative estimate of drug-likeness (QED) is 0.799. The van der Waals surface area contributed by atoms with Crippen LogP contribution in [0.3, 0.4) is 0 Å². The van der Waals surface area contributed by atoms with E-state index in [0.29, 0.717) is 5.89 Å². The van der Waals surface area contributed by atoms with E-state index in [1.807, 2.05) is 49.6 Å². The van der Waals surface area contributed by atoms with Crippen molar-refractivity contribution in [1.29, 1.82) is 0 Å². The molecule has 1 atom stereocenters. The van der Waals surface area contributed by atoms with Crippen LogP contribution in [0.25, 0.3) is 11.1 Å². The molecule has 20 heavy (non-hydrogen) atoms. The molecule has 1 unspecified atom stereocenters. The number of amides is 1. The lowest BCUT2D eigenvalue weighted by Crippen LogP contribution is -2.26. The first-order valence-electron chi connectivity index (χ1n) is 6.35. The molecule has 0 aliphatic heterocycles. The highest BCUT2D eigenvalue weighted by atomic mass is 32.1. The van der Waals surface area contributed by atoms with Gasteiger partial charge in [0.1, 0.15) is 11.6 Å². The van der Waals surface area contributed by atoms with Gasteiger partial charge >= 0.3 is 0 Å². The number of hydrogen-bond donors (Lipinski definition) is 1. The van der Waals surface area contributed by atoms with E-state index in [1.54, 1.807) is 0 Å². The Balaban J connectivity index is 1.80. The number of aromatic nitrogens is 1. The molecular formula is C15H14N2O2S. The maximum absolute atomic E-state index is 12.2. The lowest BCUT2D eigenvalue weighted by atomic mass is 10.2. The number of rotatable bonds is 3. The van der Waals surface area contributed by atoms with E-state index in [2.05, 4.69) is 10.3 Å². The Kier molecular flexibility index (Phi) is 3.28. The van der Waals surface area contributed by atoms with Gasteiger partial charge in [-0.25, -0.2) is 4.98 Å². The lowest BCUT2D eigenvalue weighted by molar-refractivity contribution is 0.0938. The fourth-order valence-corrected chi connectivity index (χ4v) is 2.83. The summed E-state index contributed by atoms with van der Waals surface area (Å²) in [6, 6.07) is 9.23. The average Bonchev–Trinajstić information content (AvgIpc) is 3.04. The van der Waals surface area contributed by atoms with Crippen molar-refractivity contribution in [3.05, 3.63) is 52.0 Å². The molecule has 0 aliphatic rings. The molecule has 0 spiro atoms. The average molecular weight is 286 g/mol. The summed E-state index contributed by atoms with van der Waals surface area (Å²) in [4.78, 5) is 17.3. The summed E-state index contributed by atoms with van der Waals surface area (Å²) in [6.07, 6.45) is 0. The largest absolute Gasteiger partial charge is 0.438 e. The minimum Gasteiger partial charge on any atom is -0.438 e. The molecule has 0 aliphatic carbocycles. The molecule has 3 aromatic rings. The molecule has 1 aromatic carbocycles. The molecule has 2 aromatic heterocycles. The maximum Gasteiger partial charge on any atom is 0.262 e. The number of fused-ring (bicyclic) bond motifs is 1. The summed E-state index contributed by atoms with van der Waals surface area (Å²) in [7, 11) is 0. The van der Waals surface area contributed by atoms with Gasteiger partial charge in [0.2, 0.25) is 5.89 Å². The molecule has 0 fully saturated rings. The Hall–Kier alpha value is -2.14. The first kappa shape index (κ1) is 12.9. The van der Waals surface area contributed by atoms with E-state index in [9.17, 15) is 4.79 Å². The number of nitrogens with one attached hydrogen (secondary N) is 1. The van der Waals surface area contributed by atoms with Gasteiger partial charge in [0.15, 0.2) is 5.58 Å². The second-order valence-corrected chi connectivity index (χ2v) is 5.56. The molecule has 0 radical (unpaired) electrons. The first-order chi connectivity index (χ1) is 9.65. The SMILES string of the molecule is Cc1ccsc1C(=O)NC(C)c1nc2ccccc2o1. The third-order valence-corrected chi connectivity index (χ3v) is 4.11. The number of thiophene rings is 1. The van der Waals surface area contributed by atoms with E-state index in [0.717, 1.165) is 21.5 Å². The van der Waals surface area contributed by atoms with E-state index in [-0.39, 0.29) is 11.9 Å². The number of benzene rings is 1. The predicted octanol–water partition coefficient (Wildman–Crippen LogP) is 3.69. The molecule has 0 saturated carbocycles. The molecular weight excluding hydrogens is 272 g/mol. The summed E-state index contributed by atoms with van der Waals surface area (Å²) in [6.45, 7) is 3.79. The van der Waals surface area contributed by atoms with Gasteiger partial charge < -0.3 is 9.73 Å². The van der Waals surface area contributed by atoms with Crippen LogP contribution < -0.4 is 5.32 Å². The zero-order valence-corrected chi connectivity index (χ0v) is 12.0. The van der Waals surface area contributed by atoms with Gasteiger partial charge in [0.05, 0.1) is 4.88 Å². The van der Waals surface area contributed by atoms with E-state index >= 15 is 0 Å². The van der Waals surface area contributed by atoms with E-state index in [1.165, 1.54) is 11.3 Å². The first-order valence-corrected chi connectivity index (χ1v) is 7.23. The molecule has 1 amide bonds. The predicted molar refractivity (Wildman–Crippen MR) is 78.9 cm³/mol. The second-order valence-electron chi connectivity index (χ2n) is 4.65. The third kappa shape index (κ3) is 2.32. The highest BCUT2D eigenvalue weighted by Crippen LogP contribution is 2.21. The zero-order valence-electron chi connectivity index (χ0n) is 11.2. The van der Waals surface area contributed by atoms with Gasteiger partial charge in [-0.15, -0.1) is 11.3 Å². The van der Waals surface area contributed by atoms with Crippen LogP contribution >= 0.6 is 11.3 Å². The van der Waals surface area contributed by atoms with Crippen molar-refractivity contribution in [2.24, 2.45) is 0 Å². The molecule has 3 rings (SSSR count). The highest BCUT2D eigenvalue weighted by molar-refractivity contribution is 7.12. The molecule has 0 saturated heterocycles. The molecule has 2 heterocycles. The third-order valence-electron chi connectivity index (χ3n) is 3.10.